The van der Waals surface area contributed by atoms with Crippen LogP contribution in [-0.2, 0) is 28.5 Å². The number of aliphatic hydroxyl groups is 3. The molecule has 14 unspecified atom stereocenters. The van der Waals surface area contributed by atoms with Crippen molar-refractivity contribution in [1.29, 1.82) is 0 Å². The molecule has 11 heteroatoms. The van der Waals surface area contributed by atoms with Crippen molar-refractivity contribution in [2.75, 3.05) is 33.5 Å². The fourth-order valence-corrected chi connectivity index (χ4v) is 10.8. The molecule has 7 N–H and O–H groups in total. The monoisotopic (exact) mass is 712 g/mol. The molecule has 0 aromatic heterocycles. The molecule has 14 atom stereocenters. The number of ether oxygens (including phenoxy) is 4. The summed E-state index contributed by atoms with van der Waals surface area (Å²) in [5.41, 5.74) is 6.37. The van der Waals surface area contributed by atoms with Crippen LogP contribution in [0.15, 0.2) is 0 Å². The van der Waals surface area contributed by atoms with Crippen LogP contribution in [0.2, 0.25) is 0 Å². The Morgan fingerprint density at radius 2 is 1.62 bits per heavy atom. The number of esters is 2. The number of piperidine rings is 1. The Bertz CT molecular complexity index is 1030. The molecule has 0 amide bonds. The minimum absolute atomic E-state index is 0.0520. The molecule has 4 rings (SSSR count). The molecule has 1 heterocycles. The van der Waals surface area contributed by atoms with Crippen LogP contribution in [0, 0.1) is 53.3 Å². The van der Waals surface area contributed by atoms with Crippen LogP contribution in [0.3, 0.4) is 0 Å². The lowest BCUT2D eigenvalue weighted by atomic mass is 9.60. The first-order valence-electron chi connectivity index (χ1n) is 19.9. The lowest BCUT2D eigenvalue weighted by molar-refractivity contribution is -0.699. The second-order valence-electron chi connectivity index (χ2n) is 16.7. The topological polar surface area (TPSA) is 174 Å². The Morgan fingerprint density at radius 1 is 0.860 bits per heavy atom. The van der Waals surface area contributed by atoms with Crippen LogP contribution in [0.5, 0.6) is 0 Å². The van der Waals surface area contributed by atoms with Gasteiger partial charge in [-0.1, -0.05) is 13.8 Å². The zero-order valence-corrected chi connectivity index (χ0v) is 31.6. The van der Waals surface area contributed by atoms with Crippen molar-refractivity contribution < 1.29 is 49.2 Å². The molecule has 1 aliphatic heterocycles. The number of nitrogens with two attached hydrogens (primary N) is 2. The zero-order chi connectivity index (χ0) is 36.4. The van der Waals surface area contributed by atoms with Gasteiger partial charge >= 0.3 is 11.9 Å². The summed E-state index contributed by atoms with van der Waals surface area (Å²) in [4.78, 5) is 25.2. The number of aliphatic hydroxyl groups excluding tert-OH is 3. The van der Waals surface area contributed by atoms with Crippen molar-refractivity contribution in [2.24, 2.45) is 59.0 Å². The van der Waals surface area contributed by atoms with E-state index in [-0.39, 0.29) is 61.1 Å². The number of rotatable bonds is 16. The van der Waals surface area contributed by atoms with Crippen molar-refractivity contribution in [3.8, 4) is 0 Å². The van der Waals surface area contributed by atoms with E-state index in [1.807, 2.05) is 0 Å². The quantitative estimate of drug-likeness (QED) is 0.150. The average molecular weight is 712 g/mol. The predicted octanol–water partition coefficient (Wildman–Crippen LogP) is 3.16. The van der Waals surface area contributed by atoms with Crippen LogP contribution in [-0.4, -0.2) is 97.4 Å². The van der Waals surface area contributed by atoms with Gasteiger partial charge in [0.15, 0.2) is 0 Å². The standard InChI is InChI=1S/C39H70N2O9/c1-23(2)32-9-7-26-16-29(32)17-30(18-35(45)33(26)11-14-47-5)37(50-25(4)44)21-31(49-24(3)43)8-6-27-19-38(48-15-13-42)36(46)22-34(27)28-10-12-41-39(40)20-28/h23,26-39,41-42,45-46H,6-22,40H2,1-5H3/p+1. The van der Waals surface area contributed by atoms with E-state index in [0.29, 0.717) is 68.3 Å². The van der Waals surface area contributed by atoms with Crippen LogP contribution in [0.4, 0.5) is 0 Å². The number of carbonyl (C=O) groups is 2. The molecule has 0 aromatic carbocycles. The van der Waals surface area contributed by atoms with Gasteiger partial charge in [-0.15, -0.1) is 0 Å². The molecular weight excluding hydrogens is 640 g/mol. The zero-order valence-electron chi connectivity index (χ0n) is 31.6. The van der Waals surface area contributed by atoms with Gasteiger partial charge in [0, 0.05) is 40.4 Å². The van der Waals surface area contributed by atoms with Gasteiger partial charge in [-0.3, -0.25) is 15.3 Å². The van der Waals surface area contributed by atoms with Crippen molar-refractivity contribution in [2.45, 2.75) is 148 Å². The van der Waals surface area contributed by atoms with Crippen molar-refractivity contribution in [3.05, 3.63) is 0 Å². The maximum absolute atomic E-state index is 12.7. The van der Waals surface area contributed by atoms with Gasteiger partial charge in [0.2, 0.25) is 0 Å². The highest BCUT2D eigenvalue weighted by Gasteiger charge is 2.45. The van der Waals surface area contributed by atoms with Crippen LogP contribution < -0.4 is 11.1 Å². The Balaban J connectivity index is 1.55. The van der Waals surface area contributed by atoms with Gasteiger partial charge in [0.25, 0.3) is 0 Å². The average Bonchev–Trinajstić information content (AvgIpc) is 3.05. The smallest absolute Gasteiger partial charge is 0.302 e. The van der Waals surface area contributed by atoms with E-state index in [1.165, 1.54) is 13.8 Å². The Labute approximate surface area is 301 Å². The lowest BCUT2D eigenvalue weighted by Crippen LogP contribution is -2.94. The second-order valence-corrected chi connectivity index (χ2v) is 16.7. The van der Waals surface area contributed by atoms with E-state index in [4.69, 9.17) is 24.7 Å². The number of hydrogen-bond donors (Lipinski definition) is 5. The fourth-order valence-electron chi connectivity index (χ4n) is 10.8. The van der Waals surface area contributed by atoms with E-state index in [1.54, 1.807) is 7.11 Å². The van der Waals surface area contributed by atoms with Gasteiger partial charge < -0.3 is 39.6 Å². The lowest BCUT2D eigenvalue weighted by Gasteiger charge is -2.47. The van der Waals surface area contributed by atoms with E-state index < -0.39 is 24.4 Å². The SMILES string of the molecule is COCCC1C(O)CC(C(CC(CCC2CC(OCCO)C(O)CC2C2CC[NH2+]C(N)C2)OC(C)=O)OC(C)=O)CC2CC1CCC2C(C)C. The number of carbonyl (C=O) groups excluding carboxylic acids is 2. The summed E-state index contributed by atoms with van der Waals surface area (Å²) < 4.78 is 23.5. The van der Waals surface area contributed by atoms with Gasteiger partial charge in [-0.25, -0.2) is 0 Å². The first-order valence-corrected chi connectivity index (χ1v) is 19.9. The Morgan fingerprint density at radius 3 is 2.28 bits per heavy atom. The van der Waals surface area contributed by atoms with Crippen LogP contribution in [0.25, 0.3) is 0 Å². The van der Waals surface area contributed by atoms with Gasteiger partial charge in [0.1, 0.15) is 18.4 Å². The number of hydrogen-bond acceptors (Lipinski definition) is 10. The Hall–Kier alpha value is -1.34. The first kappa shape index (κ1) is 41.4. The number of quaternary nitrogens is 1. The predicted molar refractivity (Wildman–Crippen MR) is 189 cm³/mol. The van der Waals surface area contributed by atoms with Crippen LogP contribution >= 0.6 is 0 Å². The maximum atomic E-state index is 12.7. The largest absolute Gasteiger partial charge is 0.462 e. The maximum Gasteiger partial charge on any atom is 0.302 e. The summed E-state index contributed by atoms with van der Waals surface area (Å²) in [5, 5.41) is 34.4. The summed E-state index contributed by atoms with van der Waals surface area (Å²) in [6, 6.07) is 0. The molecule has 4 aliphatic rings. The van der Waals surface area contributed by atoms with Crippen molar-refractivity contribution in [1.82, 2.24) is 0 Å². The fraction of sp³-hybridized carbons (Fsp3) is 0.949. The minimum atomic E-state index is -0.602. The highest BCUT2D eigenvalue weighted by Crippen LogP contribution is 2.49. The van der Waals surface area contributed by atoms with E-state index >= 15 is 0 Å². The number of fused-ring (bicyclic) bond motifs is 2. The van der Waals surface area contributed by atoms with Gasteiger partial charge in [-0.2, -0.15) is 0 Å². The summed E-state index contributed by atoms with van der Waals surface area (Å²) in [5.74, 6) is 2.31. The molecule has 4 fully saturated rings. The molecule has 11 nitrogen and oxygen atoms in total. The Kier molecular flexibility index (Phi) is 16.7. The molecule has 50 heavy (non-hydrogen) atoms. The van der Waals surface area contributed by atoms with Crippen molar-refractivity contribution in [3.63, 3.8) is 0 Å². The molecule has 0 radical (unpaired) electrons. The summed E-state index contributed by atoms with van der Waals surface area (Å²) in [6.07, 6.45) is 8.18. The molecule has 3 saturated carbocycles. The third-order valence-electron chi connectivity index (χ3n) is 13.1. The molecule has 0 aromatic rings. The first-order chi connectivity index (χ1) is 23.9. The van der Waals surface area contributed by atoms with Gasteiger partial charge in [0.05, 0.1) is 38.1 Å². The number of methoxy groups -OCH3 is 1. The normalized spacial score (nSPS) is 37.7. The highest BCUT2D eigenvalue weighted by molar-refractivity contribution is 5.66. The van der Waals surface area contributed by atoms with Crippen LogP contribution in [0.1, 0.15) is 111 Å². The van der Waals surface area contributed by atoms with Gasteiger partial charge in [-0.05, 0) is 124 Å². The van der Waals surface area contributed by atoms with E-state index in [2.05, 4.69) is 19.2 Å². The summed E-state index contributed by atoms with van der Waals surface area (Å²) in [7, 11) is 1.71. The summed E-state index contributed by atoms with van der Waals surface area (Å²) >= 11 is 0. The highest BCUT2D eigenvalue weighted by atomic mass is 16.6. The molecule has 290 valence electrons. The van der Waals surface area contributed by atoms with E-state index in [9.17, 15) is 24.9 Å². The second kappa shape index (κ2) is 20.2. The molecule has 0 spiro atoms. The summed E-state index contributed by atoms with van der Waals surface area (Å²) in [6.45, 7) is 9.16. The third kappa shape index (κ3) is 11.8. The molecule has 2 bridgehead atoms. The molecular formula is C39H71N2O9+. The molecule has 3 aliphatic carbocycles. The van der Waals surface area contributed by atoms with Crippen molar-refractivity contribution >= 4 is 11.9 Å². The van der Waals surface area contributed by atoms with E-state index in [0.717, 1.165) is 57.9 Å². The third-order valence-corrected chi connectivity index (χ3v) is 13.1. The minimum Gasteiger partial charge on any atom is -0.462 e. The molecule has 1 saturated heterocycles.